The number of hydrogen-bond donors (Lipinski definition) is 2. The van der Waals surface area contributed by atoms with Crippen LogP contribution in [0.2, 0.25) is 0 Å². The zero-order valence-corrected chi connectivity index (χ0v) is 14.2. The predicted molar refractivity (Wildman–Crippen MR) is 99.6 cm³/mol. The second kappa shape index (κ2) is 6.84. The minimum atomic E-state index is -0.240. The van der Waals surface area contributed by atoms with Gasteiger partial charge in [0.15, 0.2) is 0 Å². The van der Waals surface area contributed by atoms with Crippen LogP contribution in [0.5, 0.6) is 5.75 Å². The maximum absolute atomic E-state index is 13.3. The number of rotatable bonds is 5. The maximum atomic E-state index is 13.3. The smallest absolute Gasteiger partial charge is 0.138 e. The van der Waals surface area contributed by atoms with Crippen molar-refractivity contribution in [2.75, 3.05) is 12.4 Å². The average Bonchev–Trinajstić information content (AvgIpc) is 3.10. The lowest BCUT2D eigenvalue weighted by Gasteiger charge is -2.07. The molecule has 0 atom stereocenters. The first-order valence-corrected chi connectivity index (χ1v) is 8.18. The zero-order valence-electron chi connectivity index (χ0n) is 14.2. The first-order valence-electron chi connectivity index (χ1n) is 8.18. The molecule has 0 unspecified atom stereocenters. The molecule has 0 aliphatic rings. The molecule has 3 aromatic heterocycles. The molecule has 4 aromatic rings. The molecule has 0 saturated heterocycles. The molecule has 1 aromatic carbocycles. The van der Waals surface area contributed by atoms with E-state index in [1.807, 2.05) is 24.4 Å². The van der Waals surface area contributed by atoms with Crippen LogP contribution in [-0.4, -0.2) is 22.1 Å². The van der Waals surface area contributed by atoms with Crippen LogP contribution < -0.4 is 10.1 Å². The van der Waals surface area contributed by atoms with E-state index < -0.39 is 0 Å². The second-order valence-corrected chi connectivity index (χ2v) is 5.92. The van der Waals surface area contributed by atoms with E-state index in [1.54, 1.807) is 31.8 Å². The first kappa shape index (κ1) is 16.1. The Morgan fingerprint density at radius 1 is 1.15 bits per heavy atom. The Kier molecular flexibility index (Phi) is 4.23. The molecule has 0 spiro atoms. The van der Waals surface area contributed by atoms with Crippen molar-refractivity contribution in [1.82, 2.24) is 15.0 Å². The number of fused-ring (bicyclic) bond motifs is 1. The average molecular weight is 348 g/mol. The summed E-state index contributed by atoms with van der Waals surface area (Å²) < 4.78 is 18.6. The molecular weight excluding hydrogens is 331 g/mol. The summed E-state index contributed by atoms with van der Waals surface area (Å²) in [6.45, 7) is 0.519. The molecule has 4 rings (SSSR count). The van der Waals surface area contributed by atoms with Gasteiger partial charge in [0, 0.05) is 35.5 Å². The van der Waals surface area contributed by atoms with Crippen molar-refractivity contribution < 1.29 is 9.13 Å². The lowest BCUT2D eigenvalue weighted by atomic mass is 10.1. The minimum Gasteiger partial charge on any atom is -0.495 e. The van der Waals surface area contributed by atoms with Gasteiger partial charge in [-0.1, -0.05) is 12.1 Å². The van der Waals surface area contributed by atoms with Gasteiger partial charge in [0.25, 0.3) is 0 Å². The highest BCUT2D eigenvalue weighted by molar-refractivity contribution is 5.95. The summed E-state index contributed by atoms with van der Waals surface area (Å²) in [4.78, 5) is 11.8. The Balaban J connectivity index is 1.64. The number of nitrogens with zero attached hydrogens (tertiary/aromatic N) is 2. The van der Waals surface area contributed by atoms with Crippen LogP contribution in [-0.2, 0) is 6.54 Å². The summed E-state index contributed by atoms with van der Waals surface area (Å²) >= 11 is 0. The fraction of sp³-hybridized carbons (Fsp3) is 0.100. The standard InChI is InChI=1S/C20H17FN4O/c1-26-17-6-14(9-22-11-17)19-12-25-20-18(19)7-16(10-24-20)23-8-13-3-2-4-15(21)5-13/h2-7,9-12,23H,8H2,1H3,(H,24,25). The summed E-state index contributed by atoms with van der Waals surface area (Å²) in [6, 6.07) is 10.5. The lowest BCUT2D eigenvalue weighted by Crippen LogP contribution is -2.00. The Morgan fingerprint density at radius 2 is 2.08 bits per heavy atom. The van der Waals surface area contributed by atoms with E-state index in [1.165, 1.54) is 12.1 Å². The minimum absolute atomic E-state index is 0.240. The molecule has 0 bridgehead atoms. The second-order valence-electron chi connectivity index (χ2n) is 5.92. The summed E-state index contributed by atoms with van der Waals surface area (Å²) in [5.74, 6) is 0.460. The number of benzene rings is 1. The highest BCUT2D eigenvalue weighted by atomic mass is 19.1. The third-order valence-electron chi connectivity index (χ3n) is 4.18. The Labute approximate surface area is 149 Å². The van der Waals surface area contributed by atoms with Gasteiger partial charge in [0.05, 0.1) is 25.2 Å². The fourth-order valence-electron chi connectivity index (χ4n) is 2.87. The van der Waals surface area contributed by atoms with Gasteiger partial charge < -0.3 is 15.0 Å². The van der Waals surface area contributed by atoms with Gasteiger partial charge in [0.1, 0.15) is 17.2 Å². The van der Waals surface area contributed by atoms with E-state index in [0.29, 0.717) is 12.3 Å². The predicted octanol–water partition coefficient (Wildman–Crippen LogP) is 4.38. The Bertz CT molecular complexity index is 1060. The van der Waals surface area contributed by atoms with Crippen molar-refractivity contribution >= 4 is 16.7 Å². The molecule has 0 saturated carbocycles. The van der Waals surface area contributed by atoms with Gasteiger partial charge >= 0.3 is 0 Å². The Hall–Kier alpha value is -3.41. The third-order valence-corrected chi connectivity index (χ3v) is 4.18. The number of ether oxygens (including phenoxy) is 1. The van der Waals surface area contributed by atoms with Gasteiger partial charge in [-0.25, -0.2) is 9.37 Å². The quantitative estimate of drug-likeness (QED) is 0.562. The number of H-pyrrole nitrogens is 1. The maximum Gasteiger partial charge on any atom is 0.138 e. The molecule has 5 nitrogen and oxygen atoms in total. The number of aromatic amines is 1. The van der Waals surface area contributed by atoms with Gasteiger partial charge in [-0.05, 0) is 29.8 Å². The van der Waals surface area contributed by atoms with Crippen molar-refractivity contribution in [3.8, 4) is 16.9 Å². The molecular formula is C20H17FN4O. The normalized spacial score (nSPS) is 10.8. The molecule has 130 valence electrons. The van der Waals surface area contributed by atoms with Crippen LogP contribution in [0.25, 0.3) is 22.2 Å². The van der Waals surface area contributed by atoms with Crippen molar-refractivity contribution in [3.05, 3.63) is 72.6 Å². The Morgan fingerprint density at radius 3 is 2.92 bits per heavy atom. The first-order chi connectivity index (χ1) is 12.7. The molecule has 0 radical (unpaired) electrons. The van der Waals surface area contributed by atoms with Crippen molar-refractivity contribution in [2.45, 2.75) is 6.54 Å². The van der Waals surface area contributed by atoms with Crippen LogP contribution in [0, 0.1) is 5.82 Å². The van der Waals surface area contributed by atoms with E-state index in [0.717, 1.165) is 33.4 Å². The number of anilines is 1. The SMILES string of the molecule is COc1cncc(-c2c[nH]c3ncc(NCc4cccc(F)c4)cc23)c1. The third kappa shape index (κ3) is 3.21. The van der Waals surface area contributed by atoms with E-state index in [9.17, 15) is 4.39 Å². The van der Waals surface area contributed by atoms with Gasteiger partial charge in [0.2, 0.25) is 0 Å². The monoisotopic (exact) mass is 348 g/mol. The van der Waals surface area contributed by atoms with E-state index in [2.05, 4.69) is 20.3 Å². The molecule has 0 fully saturated rings. The van der Waals surface area contributed by atoms with Crippen molar-refractivity contribution in [2.24, 2.45) is 0 Å². The number of pyridine rings is 2. The van der Waals surface area contributed by atoms with Crippen LogP contribution >= 0.6 is 0 Å². The van der Waals surface area contributed by atoms with E-state index in [-0.39, 0.29) is 5.82 Å². The van der Waals surface area contributed by atoms with E-state index >= 15 is 0 Å². The largest absolute Gasteiger partial charge is 0.495 e. The zero-order chi connectivity index (χ0) is 17.9. The van der Waals surface area contributed by atoms with Crippen LogP contribution in [0.1, 0.15) is 5.56 Å². The van der Waals surface area contributed by atoms with Crippen LogP contribution in [0.15, 0.2) is 61.2 Å². The number of hydrogen-bond acceptors (Lipinski definition) is 4. The molecule has 26 heavy (non-hydrogen) atoms. The summed E-state index contributed by atoms with van der Waals surface area (Å²) in [5, 5.41) is 4.26. The van der Waals surface area contributed by atoms with Crippen LogP contribution in [0.3, 0.4) is 0 Å². The molecule has 6 heteroatoms. The number of halogens is 1. The summed E-state index contributed by atoms with van der Waals surface area (Å²) in [5.41, 5.74) is 4.46. The number of aromatic nitrogens is 3. The molecule has 0 aliphatic heterocycles. The van der Waals surface area contributed by atoms with Gasteiger partial charge in [-0.2, -0.15) is 0 Å². The summed E-state index contributed by atoms with van der Waals surface area (Å²) in [6.07, 6.45) is 7.12. The molecule has 2 N–H and O–H groups in total. The van der Waals surface area contributed by atoms with Crippen molar-refractivity contribution in [1.29, 1.82) is 0 Å². The van der Waals surface area contributed by atoms with E-state index in [4.69, 9.17) is 4.74 Å². The number of methoxy groups -OCH3 is 1. The van der Waals surface area contributed by atoms with Crippen LogP contribution in [0.4, 0.5) is 10.1 Å². The topological polar surface area (TPSA) is 62.8 Å². The highest BCUT2D eigenvalue weighted by Crippen LogP contribution is 2.30. The molecule has 0 amide bonds. The van der Waals surface area contributed by atoms with Gasteiger partial charge in [-0.3, -0.25) is 4.98 Å². The molecule has 0 aliphatic carbocycles. The fourth-order valence-corrected chi connectivity index (χ4v) is 2.87. The molecule has 3 heterocycles. The van der Waals surface area contributed by atoms with Gasteiger partial charge in [-0.15, -0.1) is 0 Å². The van der Waals surface area contributed by atoms with Crippen molar-refractivity contribution in [3.63, 3.8) is 0 Å². The lowest BCUT2D eigenvalue weighted by molar-refractivity contribution is 0.413. The number of nitrogens with one attached hydrogen (secondary N) is 2. The summed E-state index contributed by atoms with van der Waals surface area (Å²) in [7, 11) is 1.62. The highest BCUT2D eigenvalue weighted by Gasteiger charge is 2.09.